The van der Waals surface area contributed by atoms with Crippen LogP contribution in [0.1, 0.15) is 68.6 Å². The van der Waals surface area contributed by atoms with Crippen LogP contribution in [0.25, 0.3) is 0 Å². The first-order chi connectivity index (χ1) is 8.81. The second-order valence-corrected chi connectivity index (χ2v) is 6.40. The number of aromatic nitrogens is 1. The van der Waals surface area contributed by atoms with E-state index in [9.17, 15) is 0 Å². The lowest BCUT2D eigenvalue weighted by Gasteiger charge is -2.25. The van der Waals surface area contributed by atoms with Crippen LogP contribution < -0.4 is 5.32 Å². The van der Waals surface area contributed by atoms with Gasteiger partial charge in [-0.3, -0.25) is 0 Å². The first-order valence-electron chi connectivity index (χ1n) is 7.46. The summed E-state index contributed by atoms with van der Waals surface area (Å²) in [6.07, 6.45) is 9.61. The maximum absolute atomic E-state index is 4.73. The number of aryl methyl sites for hydroxylation is 1. The smallest absolute Gasteiger partial charge is 0.110 e. The summed E-state index contributed by atoms with van der Waals surface area (Å²) in [5.74, 6) is 0.796. The minimum Gasteiger partial charge on any atom is -0.308 e. The third-order valence-electron chi connectivity index (χ3n) is 3.89. The zero-order chi connectivity index (χ0) is 12.8. The highest BCUT2D eigenvalue weighted by Crippen LogP contribution is 2.34. The van der Waals surface area contributed by atoms with Gasteiger partial charge in [0.15, 0.2) is 0 Å². The van der Waals surface area contributed by atoms with Crippen molar-refractivity contribution in [2.75, 3.05) is 6.54 Å². The third kappa shape index (κ3) is 3.79. The predicted molar refractivity (Wildman–Crippen MR) is 79.1 cm³/mol. The average molecular weight is 266 g/mol. The second kappa shape index (κ2) is 7.25. The Bertz CT molecular complexity index is 340. The predicted octanol–water partition coefficient (Wildman–Crippen LogP) is 4.46. The van der Waals surface area contributed by atoms with Crippen LogP contribution in [0.2, 0.25) is 0 Å². The fourth-order valence-corrected chi connectivity index (χ4v) is 3.88. The Kier molecular flexibility index (Phi) is 5.64. The monoisotopic (exact) mass is 266 g/mol. The van der Waals surface area contributed by atoms with Crippen LogP contribution >= 0.6 is 11.3 Å². The van der Waals surface area contributed by atoms with Crippen molar-refractivity contribution in [2.45, 2.75) is 64.8 Å². The Balaban J connectivity index is 2.07. The van der Waals surface area contributed by atoms with Gasteiger partial charge in [-0.2, -0.15) is 0 Å². The highest BCUT2D eigenvalue weighted by molar-refractivity contribution is 7.09. The van der Waals surface area contributed by atoms with Crippen molar-refractivity contribution in [1.82, 2.24) is 10.3 Å². The summed E-state index contributed by atoms with van der Waals surface area (Å²) in [5.41, 5.74) is 1.17. The molecule has 1 aromatic rings. The topological polar surface area (TPSA) is 24.9 Å². The van der Waals surface area contributed by atoms with Crippen LogP contribution in [0.4, 0.5) is 0 Å². The van der Waals surface area contributed by atoms with Crippen molar-refractivity contribution in [1.29, 1.82) is 0 Å². The largest absolute Gasteiger partial charge is 0.308 e. The summed E-state index contributed by atoms with van der Waals surface area (Å²) in [6.45, 7) is 5.45. The summed E-state index contributed by atoms with van der Waals surface area (Å²) >= 11 is 1.83. The van der Waals surface area contributed by atoms with E-state index in [1.807, 2.05) is 11.3 Å². The Morgan fingerprint density at radius 1 is 1.33 bits per heavy atom. The van der Waals surface area contributed by atoms with Gasteiger partial charge in [-0.05, 0) is 38.6 Å². The summed E-state index contributed by atoms with van der Waals surface area (Å²) in [5, 5.41) is 7.24. The van der Waals surface area contributed by atoms with Gasteiger partial charge in [0.25, 0.3) is 0 Å². The number of nitrogens with one attached hydrogen (secondary N) is 1. The molecule has 0 bridgehead atoms. The van der Waals surface area contributed by atoms with Gasteiger partial charge >= 0.3 is 0 Å². The van der Waals surface area contributed by atoms with Crippen molar-refractivity contribution in [2.24, 2.45) is 5.92 Å². The molecule has 0 spiro atoms. The molecule has 1 aliphatic carbocycles. The lowest BCUT2D eigenvalue weighted by atomic mass is 9.92. The maximum Gasteiger partial charge on any atom is 0.110 e. The molecule has 2 rings (SSSR count). The van der Waals surface area contributed by atoms with Crippen LogP contribution in [0.15, 0.2) is 5.38 Å². The molecule has 1 saturated carbocycles. The van der Waals surface area contributed by atoms with E-state index in [0.717, 1.165) is 12.5 Å². The first-order valence-corrected chi connectivity index (χ1v) is 8.34. The summed E-state index contributed by atoms with van der Waals surface area (Å²) in [6, 6.07) is 0.502. The average Bonchev–Trinajstić information content (AvgIpc) is 2.65. The first kappa shape index (κ1) is 14.0. The van der Waals surface area contributed by atoms with Gasteiger partial charge in [0.1, 0.15) is 5.01 Å². The fraction of sp³-hybridized carbons (Fsp3) is 0.800. The molecule has 0 aliphatic heterocycles. The van der Waals surface area contributed by atoms with E-state index in [0.29, 0.717) is 6.04 Å². The molecule has 0 aromatic carbocycles. The van der Waals surface area contributed by atoms with E-state index in [1.54, 1.807) is 0 Å². The molecule has 3 heteroatoms. The Labute approximate surface area is 115 Å². The highest BCUT2D eigenvalue weighted by Gasteiger charge is 2.25. The van der Waals surface area contributed by atoms with Crippen LogP contribution in [-0.2, 0) is 0 Å². The Hall–Kier alpha value is -0.410. The molecular weight excluding hydrogens is 240 g/mol. The molecule has 1 N–H and O–H groups in total. The van der Waals surface area contributed by atoms with Gasteiger partial charge in [-0.15, -0.1) is 11.3 Å². The summed E-state index contributed by atoms with van der Waals surface area (Å²) in [7, 11) is 0. The molecule has 18 heavy (non-hydrogen) atoms. The number of rotatable bonds is 5. The van der Waals surface area contributed by atoms with Gasteiger partial charge in [-0.1, -0.05) is 32.6 Å². The van der Waals surface area contributed by atoms with Crippen molar-refractivity contribution >= 4 is 11.3 Å². The molecule has 1 unspecified atom stereocenters. The molecule has 0 saturated heterocycles. The van der Waals surface area contributed by atoms with E-state index >= 15 is 0 Å². The van der Waals surface area contributed by atoms with E-state index in [2.05, 4.69) is 24.5 Å². The van der Waals surface area contributed by atoms with E-state index in [1.165, 1.54) is 55.6 Å². The molecule has 1 fully saturated rings. The minimum absolute atomic E-state index is 0.502. The highest BCUT2D eigenvalue weighted by atomic mass is 32.1. The molecule has 1 aromatic heterocycles. The second-order valence-electron chi connectivity index (χ2n) is 5.51. The molecule has 1 atom stereocenters. The Morgan fingerprint density at radius 2 is 2.06 bits per heavy atom. The SMILES string of the molecule is CCCNC(c1nc(C)cs1)C1CCCCCC1. The minimum atomic E-state index is 0.502. The normalized spacial score (nSPS) is 19.7. The van der Waals surface area contributed by atoms with E-state index in [4.69, 9.17) is 4.98 Å². The number of hydrogen-bond acceptors (Lipinski definition) is 3. The van der Waals surface area contributed by atoms with Crippen LogP contribution in [-0.4, -0.2) is 11.5 Å². The lowest BCUT2D eigenvalue weighted by Crippen LogP contribution is -2.29. The zero-order valence-corrected chi connectivity index (χ0v) is 12.6. The fourth-order valence-electron chi connectivity index (χ4n) is 2.91. The van der Waals surface area contributed by atoms with Gasteiger partial charge in [0, 0.05) is 11.1 Å². The third-order valence-corrected chi connectivity index (χ3v) is 4.93. The van der Waals surface area contributed by atoms with Gasteiger partial charge < -0.3 is 5.32 Å². The maximum atomic E-state index is 4.73. The number of hydrogen-bond donors (Lipinski definition) is 1. The zero-order valence-electron chi connectivity index (χ0n) is 11.7. The van der Waals surface area contributed by atoms with Gasteiger partial charge in [0.2, 0.25) is 0 Å². The molecule has 2 nitrogen and oxygen atoms in total. The standard InChI is InChI=1S/C15H26N2S/c1-3-10-16-14(15-17-12(2)11-18-15)13-8-6-4-5-7-9-13/h11,13-14,16H,3-10H2,1-2H3. The number of nitrogens with zero attached hydrogens (tertiary/aromatic N) is 1. The summed E-state index contributed by atoms with van der Waals surface area (Å²) in [4.78, 5) is 4.73. The van der Waals surface area contributed by atoms with E-state index in [-0.39, 0.29) is 0 Å². The number of thiazole rings is 1. The van der Waals surface area contributed by atoms with Gasteiger partial charge in [-0.25, -0.2) is 4.98 Å². The quantitative estimate of drug-likeness (QED) is 0.796. The molecule has 1 heterocycles. The van der Waals surface area contributed by atoms with Crippen molar-refractivity contribution < 1.29 is 0 Å². The van der Waals surface area contributed by atoms with Crippen LogP contribution in [0.3, 0.4) is 0 Å². The molecular formula is C15H26N2S. The van der Waals surface area contributed by atoms with Crippen LogP contribution in [0, 0.1) is 12.8 Å². The van der Waals surface area contributed by atoms with Crippen molar-refractivity contribution in [3.8, 4) is 0 Å². The molecule has 0 radical (unpaired) electrons. The molecule has 102 valence electrons. The molecule has 0 amide bonds. The van der Waals surface area contributed by atoms with Crippen LogP contribution in [0.5, 0.6) is 0 Å². The lowest BCUT2D eigenvalue weighted by molar-refractivity contribution is 0.325. The van der Waals surface area contributed by atoms with Crippen molar-refractivity contribution in [3.63, 3.8) is 0 Å². The Morgan fingerprint density at radius 3 is 2.61 bits per heavy atom. The van der Waals surface area contributed by atoms with Gasteiger partial charge in [0.05, 0.1) is 6.04 Å². The van der Waals surface area contributed by atoms with Crippen molar-refractivity contribution in [3.05, 3.63) is 16.1 Å². The van der Waals surface area contributed by atoms with E-state index < -0.39 is 0 Å². The summed E-state index contributed by atoms with van der Waals surface area (Å²) < 4.78 is 0. The molecule has 1 aliphatic rings.